The molecular formula is C6H11ClO4. The van der Waals surface area contributed by atoms with Crippen molar-refractivity contribution in [3.05, 3.63) is 0 Å². The first-order chi connectivity index (χ1) is 4.91. The Morgan fingerprint density at radius 1 is 1.64 bits per heavy atom. The molecule has 0 aromatic carbocycles. The van der Waals surface area contributed by atoms with Crippen molar-refractivity contribution in [2.75, 3.05) is 0 Å². The second-order valence-electron chi connectivity index (χ2n) is 2.37. The molecule has 11 heavy (non-hydrogen) atoms. The molecule has 0 aromatic heterocycles. The smallest absolute Gasteiger partial charge is 0.173 e. The Morgan fingerprint density at radius 2 is 2.09 bits per heavy atom. The van der Waals surface area contributed by atoms with E-state index in [-0.39, 0.29) is 0 Å². The largest absolute Gasteiger partial charge is 0.391 e. The van der Waals surface area contributed by atoms with Crippen LogP contribution in [0.2, 0.25) is 0 Å². The van der Waals surface area contributed by atoms with Gasteiger partial charge in [-0.3, -0.25) is 0 Å². The van der Waals surface area contributed by atoms with Crippen molar-refractivity contribution in [3.8, 4) is 0 Å². The van der Waals surface area contributed by atoms with E-state index >= 15 is 0 Å². The fourth-order valence-corrected chi connectivity index (χ4v) is 0.853. The van der Waals surface area contributed by atoms with Gasteiger partial charge in [0, 0.05) is 6.42 Å². The topological polar surface area (TPSA) is 77.8 Å². The maximum atomic E-state index is 9.91. The molecule has 0 amide bonds. The molecule has 0 saturated heterocycles. The van der Waals surface area contributed by atoms with Crippen LogP contribution in [-0.4, -0.2) is 38.9 Å². The van der Waals surface area contributed by atoms with Crippen molar-refractivity contribution in [3.63, 3.8) is 0 Å². The number of rotatable bonds is 4. The summed E-state index contributed by atoms with van der Waals surface area (Å²) in [5.41, 5.74) is 0. The number of carbonyl (C=O) groups excluding carboxylic acids is 1. The van der Waals surface area contributed by atoms with Crippen LogP contribution in [0.25, 0.3) is 0 Å². The van der Waals surface area contributed by atoms with Crippen LogP contribution >= 0.6 is 11.6 Å². The first-order valence-corrected chi connectivity index (χ1v) is 3.50. The van der Waals surface area contributed by atoms with E-state index in [1.807, 2.05) is 0 Å². The van der Waals surface area contributed by atoms with Crippen LogP contribution in [0.4, 0.5) is 0 Å². The number of halogens is 1. The molecule has 3 N–H and O–H groups in total. The Kier molecular flexibility index (Phi) is 3.96. The van der Waals surface area contributed by atoms with E-state index in [2.05, 4.69) is 0 Å². The number of hydrogen-bond acceptors (Lipinski definition) is 4. The van der Waals surface area contributed by atoms with Crippen molar-refractivity contribution in [2.24, 2.45) is 0 Å². The van der Waals surface area contributed by atoms with Gasteiger partial charge in [-0.25, -0.2) is 0 Å². The number of aliphatic hydroxyl groups excluding tert-OH is 2. The summed E-state index contributed by atoms with van der Waals surface area (Å²) in [5, 5.41) is 24.8. The first kappa shape index (κ1) is 10.8. The van der Waals surface area contributed by atoms with Crippen LogP contribution in [0.1, 0.15) is 13.3 Å². The van der Waals surface area contributed by atoms with Gasteiger partial charge in [0.1, 0.15) is 12.4 Å². The molecule has 0 aliphatic carbocycles. The predicted molar refractivity (Wildman–Crippen MR) is 39.2 cm³/mol. The minimum absolute atomic E-state index is 0.374. The molecule has 0 bridgehead atoms. The fourth-order valence-electron chi connectivity index (χ4n) is 0.607. The second kappa shape index (κ2) is 4.01. The molecule has 0 heterocycles. The summed E-state index contributed by atoms with van der Waals surface area (Å²) >= 11 is 5.30. The van der Waals surface area contributed by atoms with E-state index < -0.39 is 23.7 Å². The summed E-state index contributed by atoms with van der Waals surface area (Å²) in [6, 6.07) is 0. The molecule has 5 heteroatoms. The van der Waals surface area contributed by atoms with E-state index in [1.54, 1.807) is 0 Å². The van der Waals surface area contributed by atoms with Gasteiger partial charge in [0.2, 0.25) is 0 Å². The van der Waals surface area contributed by atoms with Crippen molar-refractivity contribution in [1.82, 2.24) is 0 Å². The minimum atomic E-state index is -2.06. The number of aldehydes is 1. The molecule has 0 aromatic rings. The lowest BCUT2D eigenvalue weighted by Gasteiger charge is -2.26. The molecule has 0 saturated carbocycles. The van der Waals surface area contributed by atoms with Gasteiger partial charge in [0.05, 0.1) is 6.10 Å². The SMILES string of the molecule is CC(O)C(O)[C@](O)(Cl)CC=O. The molecule has 4 nitrogen and oxygen atoms in total. The molecule has 2 unspecified atom stereocenters. The second-order valence-corrected chi connectivity index (χ2v) is 3.03. The summed E-state index contributed by atoms with van der Waals surface area (Å²) in [6.45, 7) is 1.27. The monoisotopic (exact) mass is 182 g/mol. The van der Waals surface area contributed by atoms with Gasteiger partial charge in [-0.15, -0.1) is 0 Å². The highest BCUT2D eigenvalue weighted by Gasteiger charge is 2.35. The Bertz CT molecular complexity index is 135. The van der Waals surface area contributed by atoms with Crippen molar-refractivity contribution in [1.29, 1.82) is 0 Å². The maximum absolute atomic E-state index is 9.91. The van der Waals surface area contributed by atoms with Gasteiger partial charge >= 0.3 is 0 Å². The van der Waals surface area contributed by atoms with Crippen molar-refractivity contribution in [2.45, 2.75) is 30.6 Å². The zero-order valence-corrected chi connectivity index (χ0v) is 6.82. The van der Waals surface area contributed by atoms with Crippen LogP contribution < -0.4 is 0 Å². The fraction of sp³-hybridized carbons (Fsp3) is 0.833. The van der Waals surface area contributed by atoms with Crippen molar-refractivity contribution < 1.29 is 20.1 Å². The number of alkyl halides is 1. The van der Waals surface area contributed by atoms with E-state index in [9.17, 15) is 4.79 Å². The molecule has 3 atom stereocenters. The molecule has 66 valence electrons. The van der Waals surface area contributed by atoms with E-state index in [4.69, 9.17) is 26.9 Å². The first-order valence-electron chi connectivity index (χ1n) is 3.13. The molecule has 0 rings (SSSR count). The molecule has 0 aliphatic rings. The van der Waals surface area contributed by atoms with Crippen molar-refractivity contribution >= 4 is 17.9 Å². The lowest BCUT2D eigenvalue weighted by atomic mass is 10.1. The van der Waals surface area contributed by atoms with E-state index in [1.165, 1.54) is 6.92 Å². The van der Waals surface area contributed by atoms with Crippen LogP contribution in [0, 0.1) is 0 Å². The highest BCUT2D eigenvalue weighted by molar-refractivity contribution is 6.23. The third-order valence-corrected chi connectivity index (χ3v) is 1.66. The summed E-state index contributed by atoms with van der Waals surface area (Å²) in [7, 11) is 0. The zero-order chi connectivity index (χ0) is 9.07. The average Bonchev–Trinajstić information content (AvgIpc) is 1.86. The molecule has 0 aliphatic heterocycles. The summed E-state index contributed by atoms with van der Waals surface area (Å²) in [4.78, 5) is 9.91. The molecule has 0 spiro atoms. The van der Waals surface area contributed by atoms with Crippen LogP contribution in [-0.2, 0) is 4.79 Å². The number of carbonyl (C=O) groups is 1. The van der Waals surface area contributed by atoms with Gasteiger partial charge in [-0.2, -0.15) is 0 Å². The number of aliphatic hydroxyl groups is 3. The van der Waals surface area contributed by atoms with E-state index in [0.717, 1.165) is 0 Å². The van der Waals surface area contributed by atoms with Crippen LogP contribution in [0.5, 0.6) is 0 Å². The highest BCUT2D eigenvalue weighted by atomic mass is 35.5. The van der Waals surface area contributed by atoms with E-state index in [0.29, 0.717) is 6.29 Å². The quantitative estimate of drug-likeness (QED) is 0.395. The third-order valence-electron chi connectivity index (χ3n) is 1.28. The predicted octanol–water partition coefficient (Wildman–Crippen LogP) is -0.756. The number of hydrogen-bond donors (Lipinski definition) is 3. The summed E-state index contributed by atoms with van der Waals surface area (Å²) in [6.07, 6.45) is -2.73. The Balaban J connectivity index is 4.15. The van der Waals surface area contributed by atoms with Gasteiger partial charge in [0.15, 0.2) is 5.06 Å². The van der Waals surface area contributed by atoms with Crippen LogP contribution in [0.15, 0.2) is 0 Å². The summed E-state index contributed by atoms with van der Waals surface area (Å²) in [5.74, 6) is 0. The summed E-state index contributed by atoms with van der Waals surface area (Å²) < 4.78 is 0. The Morgan fingerprint density at radius 3 is 2.36 bits per heavy atom. The van der Waals surface area contributed by atoms with Gasteiger partial charge in [0.25, 0.3) is 0 Å². The molecular weight excluding hydrogens is 172 g/mol. The van der Waals surface area contributed by atoms with Gasteiger partial charge in [-0.05, 0) is 6.92 Å². The standard InChI is InChI=1S/C6H11ClO4/c1-4(9)5(10)6(7,11)2-3-8/h3-5,9-11H,2H2,1H3/t4?,5?,6-/m0/s1. The normalized spacial score (nSPS) is 21.9. The lowest BCUT2D eigenvalue weighted by Crippen LogP contribution is -2.44. The zero-order valence-electron chi connectivity index (χ0n) is 6.07. The highest BCUT2D eigenvalue weighted by Crippen LogP contribution is 2.21. The maximum Gasteiger partial charge on any atom is 0.173 e. The average molecular weight is 183 g/mol. The third kappa shape index (κ3) is 3.16. The Labute approximate surface area is 69.4 Å². The van der Waals surface area contributed by atoms with Gasteiger partial charge in [-0.1, -0.05) is 11.6 Å². The van der Waals surface area contributed by atoms with Crippen LogP contribution in [0.3, 0.4) is 0 Å². The lowest BCUT2D eigenvalue weighted by molar-refractivity contribution is -0.117. The Hall–Kier alpha value is -0.160. The molecule has 0 fully saturated rings. The van der Waals surface area contributed by atoms with Gasteiger partial charge < -0.3 is 20.1 Å². The molecule has 0 radical (unpaired) electrons. The minimum Gasteiger partial charge on any atom is -0.391 e.